The Kier molecular flexibility index (Phi) is 3.34. The van der Waals surface area contributed by atoms with Gasteiger partial charge in [0.15, 0.2) is 0 Å². The van der Waals surface area contributed by atoms with Crippen molar-refractivity contribution >= 4 is 11.6 Å². The molecule has 0 radical (unpaired) electrons. The highest BCUT2D eigenvalue weighted by Gasteiger charge is 2.08. The summed E-state index contributed by atoms with van der Waals surface area (Å²) in [4.78, 5) is 0. The van der Waals surface area contributed by atoms with Crippen LogP contribution in [-0.2, 0) is 0 Å². The second kappa shape index (κ2) is 4.12. The van der Waals surface area contributed by atoms with Crippen molar-refractivity contribution in [3.63, 3.8) is 0 Å². The van der Waals surface area contributed by atoms with Gasteiger partial charge in [0.2, 0.25) is 0 Å². The van der Waals surface area contributed by atoms with Crippen LogP contribution in [0, 0.1) is 0 Å². The zero-order valence-electron chi connectivity index (χ0n) is 8.21. The monoisotopic (exact) mass is 198 g/mol. The molecular formula is C11H15ClO. The Bertz CT molecular complexity index is 292. The molecular weight excluding hydrogens is 184 g/mol. The van der Waals surface area contributed by atoms with Crippen molar-refractivity contribution in [2.24, 2.45) is 0 Å². The van der Waals surface area contributed by atoms with Crippen molar-refractivity contribution < 1.29 is 5.11 Å². The zero-order valence-corrected chi connectivity index (χ0v) is 8.97. The Labute approximate surface area is 84.4 Å². The maximum absolute atomic E-state index is 9.43. The molecule has 0 aromatic heterocycles. The maximum atomic E-state index is 9.43. The lowest BCUT2D eigenvalue weighted by molar-refractivity contribution is 0.199. The van der Waals surface area contributed by atoms with Gasteiger partial charge in [-0.1, -0.05) is 37.6 Å². The lowest BCUT2D eigenvalue weighted by atomic mass is 9.99. The molecule has 0 aliphatic rings. The van der Waals surface area contributed by atoms with Gasteiger partial charge in [-0.3, -0.25) is 0 Å². The Morgan fingerprint density at radius 1 is 1.23 bits per heavy atom. The number of benzene rings is 1. The fourth-order valence-electron chi connectivity index (χ4n) is 1.24. The highest BCUT2D eigenvalue weighted by atomic mass is 35.5. The van der Waals surface area contributed by atoms with E-state index >= 15 is 0 Å². The van der Waals surface area contributed by atoms with Crippen molar-refractivity contribution in [2.45, 2.75) is 32.8 Å². The number of hydrogen-bond acceptors (Lipinski definition) is 1. The minimum absolute atomic E-state index is 0.467. The van der Waals surface area contributed by atoms with E-state index in [4.69, 9.17) is 11.6 Å². The van der Waals surface area contributed by atoms with E-state index in [-0.39, 0.29) is 0 Å². The number of hydrogen-bond donors (Lipinski definition) is 1. The van der Waals surface area contributed by atoms with E-state index in [1.165, 1.54) is 5.56 Å². The minimum Gasteiger partial charge on any atom is -0.389 e. The summed E-state index contributed by atoms with van der Waals surface area (Å²) in [5, 5.41) is 10.1. The first-order valence-electron chi connectivity index (χ1n) is 4.49. The van der Waals surface area contributed by atoms with Crippen LogP contribution in [0.4, 0.5) is 0 Å². The lowest BCUT2D eigenvalue weighted by Crippen LogP contribution is -1.95. The molecule has 1 nitrogen and oxygen atoms in total. The maximum Gasteiger partial charge on any atom is 0.0776 e. The topological polar surface area (TPSA) is 20.2 Å². The molecule has 0 saturated carbocycles. The van der Waals surface area contributed by atoms with Crippen molar-refractivity contribution in [2.75, 3.05) is 0 Å². The van der Waals surface area contributed by atoms with Crippen LogP contribution < -0.4 is 0 Å². The Morgan fingerprint density at radius 2 is 1.85 bits per heavy atom. The number of rotatable bonds is 2. The van der Waals surface area contributed by atoms with Gasteiger partial charge >= 0.3 is 0 Å². The Hall–Kier alpha value is -0.530. The second-order valence-electron chi connectivity index (χ2n) is 3.61. The predicted octanol–water partition coefficient (Wildman–Crippen LogP) is 3.52. The van der Waals surface area contributed by atoms with E-state index in [9.17, 15) is 5.11 Å². The van der Waals surface area contributed by atoms with Crippen molar-refractivity contribution in [1.29, 1.82) is 0 Å². The van der Waals surface area contributed by atoms with Crippen molar-refractivity contribution in [3.8, 4) is 0 Å². The van der Waals surface area contributed by atoms with Gasteiger partial charge in [0, 0.05) is 5.02 Å². The molecule has 2 heteroatoms. The Morgan fingerprint density at radius 3 is 2.31 bits per heavy atom. The molecule has 0 saturated heterocycles. The van der Waals surface area contributed by atoms with Gasteiger partial charge in [-0.25, -0.2) is 0 Å². The van der Waals surface area contributed by atoms with Gasteiger partial charge in [-0.15, -0.1) is 0 Å². The normalized spacial score (nSPS) is 13.4. The molecule has 72 valence electrons. The van der Waals surface area contributed by atoms with Crippen molar-refractivity contribution in [3.05, 3.63) is 34.3 Å². The van der Waals surface area contributed by atoms with E-state index in [1.807, 2.05) is 18.2 Å². The lowest BCUT2D eigenvalue weighted by Gasteiger charge is -2.11. The first-order valence-corrected chi connectivity index (χ1v) is 4.87. The SMILES string of the molecule is CC(C)c1ccc(Cl)c(C(C)O)c1. The molecule has 0 aliphatic carbocycles. The van der Waals surface area contributed by atoms with E-state index in [1.54, 1.807) is 6.92 Å². The highest BCUT2D eigenvalue weighted by Crippen LogP contribution is 2.26. The van der Waals surface area contributed by atoms with Crippen LogP contribution in [0.1, 0.15) is 43.9 Å². The summed E-state index contributed by atoms with van der Waals surface area (Å²) in [5.74, 6) is 0.467. The molecule has 0 bridgehead atoms. The first kappa shape index (κ1) is 10.6. The summed E-state index contributed by atoms with van der Waals surface area (Å²) < 4.78 is 0. The quantitative estimate of drug-likeness (QED) is 0.771. The third-order valence-electron chi connectivity index (χ3n) is 2.14. The van der Waals surface area contributed by atoms with E-state index < -0.39 is 6.10 Å². The van der Waals surface area contributed by atoms with Gasteiger partial charge in [-0.2, -0.15) is 0 Å². The molecule has 1 atom stereocenters. The molecule has 1 rings (SSSR count). The average molecular weight is 199 g/mol. The van der Waals surface area contributed by atoms with Crippen molar-refractivity contribution in [1.82, 2.24) is 0 Å². The molecule has 1 aromatic carbocycles. The average Bonchev–Trinajstić information content (AvgIpc) is 2.04. The number of aliphatic hydroxyl groups is 1. The zero-order chi connectivity index (χ0) is 10.0. The molecule has 1 aromatic rings. The molecule has 0 amide bonds. The van der Waals surface area contributed by atoms with Gasteiger partial charge < -0.3 is 5.11 Å². The van der Waals surface area contributed by atoms with Gasteiger partial charge in [0.05, 0.1) is 6.10 Å². The second-order valence-corrected chi connectivity index (χ2v) is 4.02. The molecule has 0 spiro atoms. The van der Waals surface area contributed by atoms with Crippen LogP contribution in [0.25, 0.3) is 0 Å². The largest absolute Gasteiger partial charge is 0.389 e. The standard InChI is InChI=1S/C11H15ClO/c1-7(2)9-4-5-11(12)10(6-9)8(3)13/h4-8,13H,1-3H3. The number of halogens is 1. The summed E-state index contributed by atoms with van der Waals surface area (Å²) in [7, 11) is 0. The van der Waals surface area contributed by atoms with Gasteiger partial charge in [-0.05, 0) is 30.0 Å². The molecule has 0 heterocycles. The van der Waals surface area contributed by atoms with Crippen LogP contribution >= 0.6 is 11.6 Å². The first-order chi connectivity index (χ1) is 6.02. The van der Waals surface area contributed by atoms with Crippen LogP contribution in [0.2, 0.25) is 5.02 Å². The summed E-state index contributed by atoms with van der Waals surface area (Å²) >= 11 is 5.94. The van der Waals surface area contributed by atoms with Crippen LogP contribution in [0.15, 0.2) is 18.2 Å². The van der Waals surface area contributed by atoms with Gasteiger partial charge in [0.25, 0.3) is 0 Å². The Balaban J connectivity index is 3.11. The fourth-order valence-corrected chi connectivity index (χ4v) is 1.52. The smallest absolute Gasteiger partial charge is 0.0776 e. The molecule has 13 heavy (non-hydrogen) atoms. The molecule has 0 fully saturated rings. The predicted molar refractivity (Wildman–Crippen MR) is 56.2 cm³/mol. The van der Waals surface area contributed by atoms with Crippen LogP contribution in [-0.4, -0.2) is 5.11 Å². The summed E-state index contributed by atoms with van der Waals surface area (Å²) in [6.45, 7) is 5.97. The highest BCUT2D eigenvalue weighted by molar-refractivity contribution is 6.31. The van der Waals surface area contributed by atoms with Crippen LogP contribution in [0.3, 0.4) is 0 Å². The minimum atomic E-state index is -0.494. The molecule has 1 unspecified atom stereocenters. The van der Waals surface area contributed by atoms with E-state index in [0.717, 1.165) is 5.56 Å². The van der Waals surface area contributed by atoms with E-state index in [2.05, 4.69) is 13.8 Å². The molecule has 1 N–H and O–H groups in total. The third kappa shape index (κ3) is 2.45. The summed E-state index contributed by atoms with van der Waals surface area (Å²) in [6.07, 6.45) is -0.494. The van der Waals surface area contributed by atoms with E-state index in [0.29, 0.717) is 10.9 Å². The third-order valence-corrected chi connectivity index (χ3v) is 2.48. The summed E-state index contributed by atoms with van der Waals surface area (Å²) in [5.41, 5.74) is 2.02. The molecule has 0 aliphatic heterocycles. The summed E-state index contributed by atoms with van der Waals surface area (Å²) in [6, 6.07) is 5.81. The van der Waals surface area contributed by atoms with Crippen LogP contribution in [0.5, 0.6) is 0 Å². The van der Waals surface area contributed by atoms with Gasteiger partial charge in [0.1, 0.15) is 0 Å². The fraction of sp³-hybridized carbons (Fsp3) is 0.455. The number of aliphatic hydroxyl groups excluding tert-OH is 1.